The van der Waals surface area contributed by atoms with Crippen LogP contribution in [0.15, 0.2) is 57.7 Å². The number of allylic oxidation sites excluding steroid dienone is 2. The number of methoxy groups -OCH3 is 2. The SMILES string of the molecule is COC(=O)C1=C(C)NC2=C(C(=O)c3ccccc32)[C@@H]1c1cc(Br)c(OCC#N)c(OC)c1. The van der Waals surface area contributed by atoms with Gasteiger partial charge in [-0.15, -0.1) is 0 Å². The molecule has 2 aliphatic rings. The zero-order valence-electron chi connectivity index (χ0n) is 17.6. The highest BCUT2D eigenvalue weighted by atomic mass is 79.9. The standard InChI is InChI=1S/C24H19BrN2O5/c1-12-18(24(29)31-3)19(13-10-16(25)23(32-9-8-26)17(11-13)30-2)20-21(27-12)14-6-4-5-7-15(14)22(20)28/h4-7,10-11,19,27H,9H2,1-3H3/t19-/m1/s1. The molecular weight excluding hydrogens is 476 g/mol. The molecule has 1 N–H and O–H groups in total. The molecule has 162 valence electrons. The second kappa shape index (κ2) is 8.52. The number of dihydropyridines is 1. The molecule has 0 unspecified atom stereocenters. The Hall–Kier alpha value is -3.57. The van der Waals surface area contributed by atoms with Crippen molar-refractivity contribution in [1.29, 1.82) is 5.26 Å². The number of rotatable bonds is 5. The predicted octanol–water partition coefficient (Wildman–Crippen LogP) is 4.10. The quantitative estimate of drug-likeness (QED) is 0.624. The first-order valence-electron chi connectivity index (χ1n) is 9.74. The summed E-state index contributed by atoms with van der Waals surface area (Å²) in [6, 6.07) is 12.7. The van der Waals surface area contributed by atoms with Gasteiger partial charge >= 0.3 is 5.97 Å². The Labute approximate surface area is 193 Å². The lowest BCUT2D eigenvalue weighted by Crippen LogP contribution is -2.29. The first-order valence-corrected chi connectivity index (χ1v) is 10.5. The van der Waals surface area contributed by atoms with Crippen LogP contribution in [0.1, 0.15) is 34.3 Å². The topological polar surface area (TPSA) is 97.6 Å². The van der Waals surface area contributed by atoms with Gasteiger partial charge in [-0.25, -0.2) is 4.79 Å². The van der Waals surface area contributed by atoms with Gasteiger partial charge in [0.25, 0.3) is 0 Å². The number of esters is 1. The normalized spacial score (nSPS) is 16.7. The van der Waals surface area contributed by atoms with Gasteiger partial charge in [0, 0.05) is 28.3 Å². The lowest BCUT2D eigenvalue weighted by atomic mass is 9.79. The summed E-state index contributed by atoms with van der Waals surface area (Å²) in [5.41, 5.74) is 4.11. The maximum absolute atomic E-state index is 13.4. The fraction of sp³-hybridized carbons (Fsp3) is 0.208. The number of Topliss-reactive ketones (excluding diaryl/α,β-unsaturated/α-hetero) is 1. The lowest BCUT2D eigenvalue weighted by Gasteiger charge is -2.29. The van der Waals surface area contributed by atoms with E-state index in [-0.39, 0.29) is 12.4 Å². The number of halogens is 1. The minimum absolute atomic E-state index is 0.151. The maximum Gasteiger partial charge on any atom is 0.336 e. The van der Waals surface area contributed by atoms with Gasteiger partial charge in [0.05, 0.1) is 30.0 Å². The van der Waals surface area contributed by atoms with E-state index in [1.165, 1.54) is 14.2 Å². The van der Waals surface area contributed by atoms with E-state index in [0.717, 1.165) is 5.56 Å². The van der Waals surface area contributed by atoms with Crippen molar-refractivity contribution in [1.82, 2.24) is 5.32 Å². The van der Waals surface area contributed by atoms with Crippen LogP contribution in [0.5, 0.6) is 11.5 Å². The van der Waals surface area contributed by atoms with Crippen LogP contribution in [0, 0.1) is 11.3 Å². The average Bonchev–Trinajstić information content (AvgIpc) is 3.08. The molecule has 2 aromatic rings. The number of ketones is 1. The highest BCUT2D eigenvalue weighted by Crippen LogP contribution is 2.49. The summed E-state index contributed by atoms with van der Waals surface area (Å²) in [6.45, 7) is 1.63. The molecule has 0 amide bonds. The molecular formula is C24H19BrN2O5. The van der Waals surface area contributed by atoms with Crippen LogP contribution in [0.3, 0.4) is 0 Å². The van der Waals surface area contributed by atoms with E-state index >= 15 is 0 Å². The van der Waals surface area contributed by atoms with Crippen LogP contribution in [0.4, 0.5) is 0 Å². The molecule has 2 aromatic carbocycles. The van der Waals surface area contributed by atoms with Crippen LogP contribution in [0.2, 0.25) is 0 Å². The largest absolute Gasteiger partial charge is 0.493 e. The molecule has 0 aromatic heterocycles. The molecule has 8 heteroatoms. The summed E-state index contributed by atoms with van der Waals surface area (Å²) >= 11 is 3.48. The molecule has 32 heavy (non-hydrogen) atoms. The van der Waals surface area contributed by atoms with E-state index < -0.39 is 11.9 Å². The number of nitrogens with one attached hydrogen (secondary N) is 1. The third kappa shape index (κ3) is 3.35. The van der Waals surface area contributed by atoms with Crippen LogP contribution >= 0.6 is 15.9 Å². The summed E-state index contributed by atoms with van der Waals surface area (Å²) < 4.78 is 16.6. The predicted molar refractivity (Wildman–Crippen MR) is 120 cm³/mol. The molecule has 0 saturated heterocycles. The van der Waals surface area contributed by atoms with Crippen LogP contribution < -0.4 is 14.8 Å². The Balaban J connectivity index is 1.94. The van der Waals surface area contributed by atoms with Crippen LogP contribution in [0.25, 0.3) is 5.70 Å². The number of hydrogen-bond donors (Lipinski definition) is 1. The number of hydrogen-bond acceptors (Lipinski definition) is 7. The van der Waals surface area contributed by atoms with Crippen molar-refractivity contribution in [3.63, 3.8) is 0 Å². The van der Waals surface area contributed by atoms with Crippen molar-refractivity contribution < 1.29 is 23.8 Å². The highest BCUT2D eigenvalue weighted by molar-refractivity contribution is 9.10. The Morgan fingerprint density at radius 2 is 1.94 bits per heavy atom. The molecule has 1 heterocycles. The average molecular weight is 495 g/mol. The summed E-state index contributed by atoms with van der Waals surface area (Å²) in [5, 5.41) is 12.1. The minimum atomic E-state index is -0.686. The molecule has 0 fully saturated rings. The molecule has 0 spiro atoms. The monoisotopic (exact) mass is 494 g/mol. The van der Waals surface area contributed by atoms with Gasteiger partial charge in [-0.05, 0) is 40.5 Å². The Bertz CT molecular complexity index is 1260. The van der Waals surface area contributed by atoms with E-state index in [9.17, 15) is 9.59 Å². The molecule has 0 bridgehead atoms. The third-order valence-corrected chi connectivity index (χ3v) is 6.11. The minimum Gasteiger partial charge on any atom is -0.493 e. The van der Waals surface area contributed by atoms with Gasteiger partial charge in [-0.1, -0.05) is 24.3 Å². The van der Waals surface area contributed by atoms with E-state index in [1.54, 1.807) is 25.1 Å². The zero-order valence-corrected chi connectivity index (χ0v) is 19.2. The first kappa shape index (κ1) is 21.7. The number of fused-ring (bicyclic) bond motifs is 2. The van der Waals surface area contributed by atoms with Crippen LogP contribution in [-0.2, 0) is 9.53 Å². The fourth-order valence-corrected chi connectivity index (χ4v) is 4.77. The zero-order chi connectivity index (χ0) is 23.0. The Kier molecular flexibility index (Phi) is 5.76. The Morgan fingerprint density at radius 3 is 2.59 bits per heavy atom. The number of nitriles is 1. The van der Waals surface area contributed by atoms with Crippen molar-refractivity contribution >= 4 is 33.4 Å². The number of nitrogens with zero attached hydrogens (tertiary/aromatic N) is 1. The second-order valence-electron chi connectivity index (χ2n) is 7.23. The lowest BCUT2D eigenvalue weighted by molar-refractivity contribution is -0.136. The third-order valence-electron chi connectivity index (χ3n) is 5.52. The van der Waals surface area contributed by atoms with E-state index in [1.807, 2.05) is 24.3 Å². The van der Waals surface area contributed by atoms with Gasteiger partial charge in [0.15, 0.2) is 23.9 Å². The number of carbonyl (C=O) groups excluding carboxylic acids is 2. The fourth-order valence-electron chi connectivity index (χ4n) is 4.19. The summed E-state index contributed by atoms with van der Waals surface area (Å²) in [6.07, 6.45) is 0. The number of ether oxygens (including phenoxy) is 3. The summed E-state index contributed by atoms with van der Waals surface area (Å²) in [7, 11) is 2.79. The number of benzene rings is 2. The van der Waals surface area contributed by atoms with Gasteiger partial charge in [0.1, 0.15) is 6.07 Å². The van der Waals surface area contributed by atoms with Gasteiger partial charge < -0.3 is 19.5 Å². The van der Waals surface area contributed by atoms with Crippen molar-refractivity contribution in [2.45, 2.75) is 12.8 Å². The maximum atomic E-state index is 13.4. The first-order chi connectivity index (χ1) is 15.4. The molecule has 0 saturated carbocycles. The number of carbonyl (C=O) groups is 2. The molecule has 7 nitrogen and oxygen atoms in total. The van der Waals surface area contributed by atoms with Gasteiger partial charge in [0.2, 0.25) is 0 Å². The van der Waals surface area contributed by atoms with Gasteiger partial charge in [-0.2, -0.15) is 5.26 Å². The van der Waals surface area contributed by atoms with E-state index in [0.29, 0.717) is 49.6 Å². The Morgan fingerprint density at radius 1 is 1.22 bits per heavy atom. The summed E-state index contributed by atoms with van der Waals surface area (Å²) in [5.74, 6) is -0.636. The van der Waals surface area contributed by atoms with Crippen molar-refractivity contribution in [2.24, 2.45) is 0 Å². The van der Waals surface area contributed by atoms with Crippen molar-refractivity contribution in [3.05, 3.63) is 74.4 Å². The molecule has 1 aliphatic carbocycles. The van der Waals surface area contributed by atoms with Crippen molar-refractivity contribution in [3.8, 4) is 17.6 Å². The summed E-state index contributed by atoms with van der Waals surface area (Å²) in [4.78, 5) is 26.3. The highest BCUT2D eigenvalue weighted by Gasteiger charge is 2.43. The smallest absolute Gasteiger partial charge is 0.336 e. The van der Waals surface area contributed by atoms with E-state index in [2.05, 4.69) is 21.2 Å². The molecule has 0 radical (unpaired) electrons. The molecule has 1 aliphatic heterocycles. The van der Waals surface area contributed by atoms with Crippen molar-refractivity contribution in [2.75, 3.05) is 20.8 Å². The van der Waals surface area contributed by atoms with E-state index in [4.69, 9.17) is 19.5 Å². The molecule has 4 rings (SSSR count). The second-order valence-corrected chi connectivity index (χ2v) is 8.09. The molecule has 1 atom stereocenters. The van der Waals surface area contributed by atoms with Crippen LogP contribution in [-0.4, -0.2) is 32.6 Å². The van der Waals surface area contributed by atoms with Gasteiger partial charge in [-0.3, -0.25) is 4.79 Å².